The van der Waals surface area contributed by atoms with Crippen LogP contribution in [0.5, 0.6) is 5.75 Å². The van der Waals surface area contributed by atoms with Crippen molar-refractivity contribution in [3.8, 4) is 5.75 Å². The molecule has 1 spiro atoms. The number of ether oxygens (including phenoxy) is 1. The van der Waals surface area contributed by atoms with Crippen LogP contribution in [0.2, 0.25) is 0 Å². The van der Waals surface area contributed by atoms with E-state index in [-0.39, 0.29) is 17.4 Å². The van der Waals surface area contributed by atoms with Gasteiger partial charge in [0.05, 0.1) is 5.92 Å². The summed E-state index contributed by atoms with van der Waals surface area (Å²) in [6.07, 6.45) is 1.62. The molecule has 2 aliphatic rings. The molecule has 8 heteroatoms. The van der Waals surface area contributed by atoms with Crippen LogP contribution < -0.4 is 10.1 Å². The lowest BCUT2D eigenvalue weighted by Gasteiger charge is -2.30. The number of carbonyl (C=O) groups is 1. The van der Waals surface area contributed by atoms with Crippen molar-refractivity contribution in [2.24, 2.45) is 0 Å². The van der Waals surface area contributed by atoms with Gasteiger partial charge in [0.2, 0.25) is 0 Å². The molecular formula is C21H20BrN3O4. The van der Waals surface area contributed by atoms with Crippen LogP contribution in [0.4, 0.5) is 5.69 Å². The van der Waals surface area contributed by atoms with Crippen LogP contribution in [0.3, 0.4) is 0 Å². The molecule has 4 rings (SSSR count). The van der Waals surface area contributed by atoms with Gasteiger partial charge in [-0.25, -0.2) is 0 Å². The van der Waals surface area contributed by atoms with Crippen molar-refractivity contribution < 1.29 is 14.5 Å². The zero-order chi connectivity index (χ0) is 20.8. The number of anilines is 1. The Balaban J connectivity index is 1.89. The van der Waals surface area contributed by atoms with E-state index in [4.69, 9.17) is 4.74 Å². The molecule has 0 saturated carbocycles. The van der Waals surface area contributed by atoms with Gasteiger partial charge in [0, 0.05) is 32.8 Å². The zero-order valence-corrected chi connectivity index (χ0v) is 17.4. The molecule has 0 bridgehead atoms. The largest absolute Gasteiger partial charge is 0.489 e. The fourth-order valence-corrected chi connectivity index (χ4v) is 5.03. The summed E-state index contributed by atoms with van der Waals surface area (Å²) in [5.41, 5.74) is 0.585. The minimum atomic E-state index is -1.37. The quantitative estimate of drug-likeness (QED) is 0.421. The van der Waals surface area contributed by atoms with E-state index in [1.54, 1.807) is 48.4 Å². The van der Waals surface area contributed by atoms with Crippen LogP contribution in [0.1, 0.15) is 17.0 Å². The summed E-state index contributed by atoms with van der Waals surface area (Å²) in [4.78, 5) is 27.0. The Bertz CT molecular complexity index is 1010. The average Bonchev–Trinajstić information content (AvgIpc) is 3.16. The highest BCUT2D eigenvalue weighted by atomic mass is 79.9. The summed E-state index contributed by atoms with van der Waals surface area (Å²) in [5.74, 6) is -0.347. The predicted molar refractivity (Wildman–Crippen MR) is 113 cm³/mol. The van der Waals surface area contributed by atoms with Gasteiger partial charge < -0.3 is 10.1 Å². The highest BCUT2D eigenvalue weighted by Gasteiger charge is 2.68. The third-order valence-corrected chi connectivity index (χ3v) is 6.26. The van der Waals surface area contributed by atoms with Crippen LogP contribution in [0.25, 0.3) is 0 Å². The van der Waals surface area contributed by atoms with Crippen LogP contribution in [-0.2, 0) is 10.3 Å². The normalized spacial score (nSPS) is 25.7. The number of fused-ring (bicyclic) bond motifs is 2. The Morgan fingerprint density at radius 2 is 2.17 bits per heavy atom. The van der Waals surface area contributed by atoms with Crippen LogP contribution in [0.15, 0.2) is 59.6 Å². The summed E-state index contributed by atoms with van der Waals surface area (Å²) in [6.45, 7) is 4.29. The van der Waals surface area contributed by atoms with Crippen molar-refractivity contribution >= 4 is 27.5 Å². The van der Waals surface area contributed by atoms with E-state index in [2.05, 4.69) is 27.8 Å². The molecule has 0 aliphatic carbocycles. The third-order valence-electron chi connectivity index (χ3n) is 5.77. The van der Waals surface area contributed by atoms with E-state index in [1.807, 2.05) is 12.1 Å². The first-order valence-corrected chi connectivity index (χ1v) is 9.99. The Labute approximate surface area is 176 Å². The average molecular weight is 458 g/mol. The highest BCUT2D eigenvalue weighted by Crippen LogP contribution is 2.53. The van der Waals surface area contributed by atoms with Gasteiger partial charge in [0.25, 0.3) is 11.9 Å². The maximum Gasteiger partial charge on any atom is 0.256 e. The lowest BCUT2D eigenvalue weighted by molar-refractivity contribution is -0.534. The Morgan fingerprint density at radius 3 is 2.90 bits per heavy atom. The zero-order valence-electron chi connectivity index (χ0n) is 15.8. The molecule has 2 heterocycles. The molecule has 1 fully saturated rings. The maximum atomic E-state index is 13.2. The monoisotopic (exact) mass is 457 g/mol. The molecule has 29 heavy (non-hydrogen) atoms. The minimum Gasteiger partial charge on any atom is -0.489 e. The molecule has 0 radical (unpaired) electrons. The number of nitrogens with one attached hydrogen (secondary N) is 1. The molecule has 150 valence electrons. The van der Waals surface area contributed by atoms with Crippen molar-refractivity contribution in [1.29, 1.82) is 0 Å². The third kappa shape index (κ3) is 2.86. The molecule has 7 nitrogen and oxygen atoms in total. The van der Waals surface area contributed by atoms with E-state index in [1.165, 1.54) is 0 Å². The number of benzene rings is 2. The number of likely N-dealkylation sites (N-methyl/N-ethyl adjacent to an activating group) is 1. The number of nitro groups is 1. The first-order chi connectivity index (χ1) is 13.9. The van der Waals surface area contributed by atoms with Gasteiger partial charge in [-0.05, 0) is 31.3 Å². The SMILES string of the molecule is C=CCOc1ccc(Br)cc1[C@@H]1CN(C)[C@@]2(C(=O)Nc3ccccc32)[C@H]1[N+](=O)[O-]. The Kier molecular flexibility index (Phi) is 4.92. The van der Waals surface area contributed by atoms with Crippen molar-refractivity contribution in [2.75, 3.05) is 25.5 Å². The number of nitrogens with zero attached hydrogens (tertiary/aromatic N) is 2. The van der Waals surface area contributed by atoms with Gasteiger partial charge in [0.15, 0.2) is 5.54 Å². The van der Waals surface area contributed by atoms with E-state index < -0.39 is 17.5 Å². The van der Waals surface area contributed by atoms with Crippen LogP contribution >= 0.6 is 15.9 Å². The Morgan fingerprint density at radius 1 is 1.41 bits per heavy atom. The standard InChI is InChI=1S/C21H20BrN3O4/c1-3-10-29-18-9-8-13(22)11-14(18)15-12-24(2)21(19(15)25(27)28)16-6-4-5-7-17(16)23-20(21)26/h3-9,11,15,19H,1,10,12H2,2H3,(H,23,26)/t15-,19-,21+/m0/s1. The summed E-state index contributed by atoms with van der Waals surface area (Å²) >= 11 is 3.46. The number of para-hydroxylation sites is 1. The smallest absolute Gasteiger partial charge is 0.256 e. The first-order valence-electron chi connectivity index (χ1n) is 9.20. The van der Waals surface area contributed by atoms with Crippen LogP contribution in [0, 0.1) is 10.1 Å². The maximum absolute atomic E-state index is 13.2. The van der Waals surface area contributed by atoms with Gasteiger partial charge in [-0.3, -0.25) is 19.8 Å². The molecule has 2 aromatic rings. The number of hydrogen-bond donors (Lipinski definition) is 1. The van der Waals surface area contributed by atoms with Gasteiger partial charge in [-0.2, -0.15) is 0 Å². The minimum absolute atomic E-state index is 0.286. The van der Waals surface area contributed by atoms with Crippen LogP contribution in [-0.4, -0.2) is 42.0 Å². The summed E-state index contributed by atoms with van der Waals surface area (Å²) in [6, 6.07) is 11.5. The molecule has 2 aromatic carbocycles. The number of halogens is 1. The van der Waals surface area contributed by atoms with E-state index in [0.29, 0.717) is 29.1 Å². The molecule has 0 unspecified atom stereocenters. The first kappa shape index (κ1) is 19.6. The number of amides is 1. The second kappa shape index (κ2) is 7.27. The predicted octanol–water partition coefficient (Wildman–Crippen LogP) is 3.54. The molecular weight excluding hydrogens is 438 g/mol. The van der Waals surface area contributed by atoms with Crippen molar-refractivity contribution in [3.05, 3.63) is 80.8 Å². The summed E-state index contributed by atoms with van der Waals surface area (Å²) < 4.78 is 6.58. The highest BCUT2D eigenvalue weighted by molar-refractivity contribution is 9.10. The van der Waals surface area contributed by atoms with Crippen molar-refractivity contribution in [3.63, 3.8) is 0 Å². The second-order valence-corrected chi connectivity index (χ2v) is 8.18. The lowest BCUT2D eigenvalue weighted by atomic mass is 9.79. The number of rotatable bonds is 5. The Hall–Kier alpha value is -2.71. The van der Waals surface area contributed by atoms with Gasteiger partial charge in [-0.1, -0.05) is 46.8 Å². The lowest BCUT2D eigenvalue weighted by Crippen LogP contribution is -2.54. The van der Waals surface area contributed by atoms with Gasteiger partial charge in [-0.15, -0.1) is 0 Å². The molecule has 1 N–H and O–H groups in total. The van der Waals surface area contributed by atoms with Gasteiger partial charge in [0.1, 0.15) is 12.4 Å². The number of likely N-dealkylation sites (tertiary alicyclic amines) is 1. The van der Waals surface area contributed by atoms with E-state index in [0.717, 1.165) is 4.47 Å². The molecule has 1 saturated heterocycles. The van der Waals surface area contributed by atoms with E-state index in [9.17, 15) is 14.9 Å². The van der Waals surface area contributed by atoms with E-state index >= 15 is 0 Å². The van der Waals surface area contributed by atoms with Crippen molar-refractivity contribution in [2.45, 2.75) is 17.5 Å². The van der Waals surface area contributed by atoms with Crippen molar-refractivity contribution in [1.82, 2.24) is 4.90 Å². The summed E-state index contributed by atoms with van der Waals surface area (Å²) in [5, 5.41) is 15.2. The topological polar surface area (TPSA) is 84.7 Å². The summed E-state index contributed by atoms with van der Waals surface area (Å²) in [7, 11) is 1.76. The number of hydrogen-bond acceptors (Lipinski definition) is 5. The van der Waals surface area contributed by atoms with Gasteiger partial charge >= 0.3 is 0 Å². The fraction of sp³-hybridized carbons (Fsp3) is 0.286. The second-order valence-electron chi connectivity index (χ2n) is 7.27. The fourth-order valence-electron chi connectivity index (χ4n) is 4.65. The molecule has 3 atom stereocenters. The molecule has 0 aromatic heterocycles. The number of carbonyl (C=O) groups excluding carboxylic acids is 1. The molecule has 2 aliphatic heterocycles. The molecule has 1 amide bonds.